The Labute approximate surface area is 115 Å². The first-order valence-electron chi connectivity index (χ1n) is 6.25. The van der Waals surface area contributed by atoms with Crippen molar-refractivity contribution in [2.75, 3.05) is 0 Å². The van der Waals surface area contributed by atoms with E-state index in [1.807, 2.05) is 24.3 Å². The van der Waals surface area contributed by atoms with Gasteiger partial charge in [0.1, 0.15) is 12.1 Å². The van der Waals surface area contributed by atoms with Crippen LogP contribution in [-0.2, 0) is 16.0 Å². The van der Waals surface area contributed by atoms with Crippen molar-refractivity contribution >= 4 is 22.8 Å². The highest BCUT2D eigenvalue weighted by Gasteiger charge is 2.23. The van der Waals surface area contributed by atoms with E-state index >= 15 is 0 Å². The van der Waals surface area contributed by atoms with E-state index < -0.39 is 24.0 Å². The molecule has 0 fully saturated rings. The molecule has 0 saturated heterocycles. The van der Waals surface area contributed by atoms with Gasteiger partial charge in [-0.2, -0.15) is 0 Å². The molecule has 1 aromatic carbocycles. The smallest absolute Gasteiger partial charge is 0.326 e. The third kappa shape index (κ3) is 2.97. The van der Waals surface area contributed by atoms with Crippen molar-refractivity contribution in [2.24, 2.45) is 0 Å². The SMILES string of the molecule is CC(O)C(=O)N[C@@H](Cc1c[nH]c2ccccc12)C(=O)O. The molecule has 0 spiro atoms. The first kappa shape index (κ1) is 14.1. The summed E-state index contributed by atoms with van der Waals surface area (Å²) in [5, 5.41) is 21.5. The van der Waals surface area contributed by atoms with Crippen molar-refractivity contribution in [3.8, 4) is 0 Å². The van der Waals surface area contributed by atoms with Crippen LogP contribution < -0.4 is 5.32 Å². The van der Waals surface area contributed by atoms with E-state index in [0.717, 1.165) is 16.5 Å². The molecule has 4 N–H and O–H groups in total. The van der Waals surface area contributed by atoms with E-state index in [2.05, 4.69) is 10.3 Å². The van der Waals surface area contributed by atoms with Crippen molar-refractivity contribution in [3.63, 3.8) is 0 Å². The van der Waals surface area contributed by atoms with Crippen LogP contribution in [-0.4, -0.2) is 39.2 Å². The summed E-state index contributed by atoms with van der Waals surface area (Å²) in [6.07, 6.45) is 0.646. The van der Waals surface area contributed by atoms with Crippen LogP contribution in [0.2, 0.25) is 0 Å². The predicted octanol–water partition coefficient (Wildman–Crippen LogP) is 0.661. The average Bonchev–Trinajstić information content (AvgIpc) is 2.81. The highest BCUT2D eigenvalue weighted by Crippen LogP contribution is 2.19. The van der Waals surface area contributed by atoms with Gasteiger partial charge in [-0.05, 0) is 18.6 Å². The van der Waals surface area contributed by atoms with E-state index in [-0.39, 0.29) is 6.42 Å². The summed E-state index contributed by atoms with van der Waals surface area (Å²) in [4.78, 5) is 25.7. The number of benzene rings is 1. The van der Waals surface area contributed by atoms with Gasteiger partial charge in [-0.25, -0.2) is 4.79 Å². The molecular weight excluding hydrogens is 260 g/mol. The number of aliphatic hydroxyl groups excluding tert-OH is 1. The van der Waals surface area contributed by atoms with Crippen LogP contribution in [0.5, 0.6) is 0 Å². The summed E-state index contributed by atoms with van der Waals surface area (Å²) in [5.41, 5.74) is 1.72. The Morgan fingerprint density at radius 3 is 2.70 bits per heavy atom. The van der Waals surface area contributed by atoms with Crippen molar-refractivity contribution in [3.05, 3.63) is 36.0 Å². The molecule has 20 heavy (non-hydrogen) atoms. The number of aromatic amines is 1. The Hall–Kier alpha value is -2.34. The number of aliphatic hydroxyl groups is 1. The molecule has 0 saturated carbocycles. The summed E-state index contributed by atoms with van der Waals surface area (Å²) < 4.78 is 0. The second-order valence-corrected chi connectivity index (χ2v) is 4.64. The molecule has 0 radical (unpaired) electrons. The minimum absolute atomic E-state index is 0.151. The second kappa shape index (κ2) is 5.75. The lowest BCUT2D eigenvalue weighted by atomic mass is 10.0. The Kier molecular flexibility index (Phi) is 4.05. The maximum absolute atomic E-state index is 11.4. The number of carbonyl (C=O) groups excluding carboxylic acids is 1. The number of carboxylic acids is 1. The molecule has 1 amide bonds. The van der Waals surface area contributed by atoms with E-state index in [1.54, 1.807) is 6.20 Å². The fourth-order valence-electron chi connectivity index (χ4n) is 2.01. The number of fused-ring (bicyclic) bond motifs is 1. The zero-order valence-electron chi connectivity index (χ0n) is 11.0. The molecule has 2 aromatic rings. The maximum atomic E-state index is 11.4. The molecule has 0 aliphatic rings. The van der Waals surface area contributed by atoms with Gasteiger partial charge in [0.25, 0.3) is 0 Å². The number of carboxylic acid groups (broad SMARTS) is 1. The monoisotopic (exact) mass is 276 g/mol. The summed E-state index contributed by atoms with van der Waals surface area (Å²) in [6.45, 7) is 1.29. The van der Waals surface area contributed by atoms with Crippen LogP contribution in [0.3, 0.4) is 0 Å². The Morgan fingerprint density at radius 1 is 1.35 bits per heavy atom. The highest BCUT2D eigenvalue weighted by molar-refractivity contribution is 5.87. The number of aromatic nitrogens is 1. The van der Waals surface area contributed by atoms with Gasteiger partial charge in [0.2, 0.25) is 5.91 Å². The number of hydrogen-bond donors (Lipinski definition) is 4. The number of amides is 1. The first-order valence-corrected chi connectivity index (χ1v) is 6.25. The standard InChI is InChI=1S/C14H16N2O4/c1-8(17)13(18)16-12(14(19)20)6-9-7-15-11-5-3-2-4-10(9)11/h2-5,7-8,12,15,17H,6H2,1H3,(H,16,18)(H,19,20)/t8?,12-/m0/s1. The molecule has 1 unspecified atom stereocenters. The molecule has 6 heteroatoms. The molecule has 1 heterocycles. The molecule has 106 valence electrons. The molecule has 2 atom stereocenters. The van der Waals surface area contributed by atoms with Crippen LogP contribution in [0, 0.1) is 0 Å². The van der Waals surface area contributed by atoms with Crippen LogP contribution in [0.4, 0.5) is 0 Å². The third-order valence-corrected chi connectivity index (χ3v) is 3.09. The van der Waals surface area contributed by atoms with E-state index in [0.29, 0.717) is 0 Å². The van der Waals surface area contributed by atoms with Crippen LogP contribution in [0.15, 0.2) is 30.5 Å². The van der Waals surface area contributed by atoms with Crippen molar-refractivity contribution in [1.29, 1.82) is 0 Å². The Balaban J connectivity index is 2.20. The fraction of sp³-hybridized carbons (Fsp3) is 0.286. The number of H-pyrrole nitrogens is 1. The zero-order chi connectivity index (χ0) is 14.7. The van der Waals surface area contributed by atoms with Gasteiger partial charge in [-0.1, -0.05) is 18.2 Å². The molecule has 2 rings (SSSR count). The number of hydrogen-bond acceptors (Lipinski definition) is 3. The third-order valence-electron chi connectivity index (χ3n) is 3.09. The molecule has 0 aliphatic heterocycles. The number of nitrogens with one attached hydrogen (secondary N) is 2. The molecule has 6 nitrogen and oxygen atoms in total. The van der Waals surface area contributed by atoms with Gasteiger partial charge in [-0.15, -0.1) is 0 Å². The van der Waals surface area contributed by atoms with Gasteiger partial charge in [0.05, 0.1) is 0 Å². The lowest BCUT2D eigenvalue weighted by Crippen LogP contribution is -2.45. The molecule has 1 aromatic heterocycles. The molecular formula is C14H16N2O4. The molecule has 0 bridgehead atoms. The summed E-state index contributed by atoms with van der Waals surface area (Å²) in [7, 11) is 0. The van der Waals surface area contributed by atoms with Crippen molar-refractivity contribution in [2.45, 2.75) is 25.5 Å². The lowest BCUT2D eigenvalue weighted by molar-refractivity contribution is -0.143. The quantitative estimate of drug-likeness (QED) is 0.644. The van der Waals surface area contributed by atoms with Gasteiger partial charge in [0.15, 0.2) is 0 Å². The normalized spacial score (nSPS) is 13.9. The van der Waals surface area contributed by atoms with Crippen LogP contribution in [0.1, 0.15) is 12.5 Å². The first-order chi connectivity index (χ1) is 9.49. The number of para-hydroxylation sites is 1. The average molecular weight is 276 g/mol. The van der Waals surface area contributed by atoms with Crippen molar-refractivity contribution in [1.82, 2.24) is 10.3 Å². The van der Waals surface area contributed by atoms with Crippen LogP contribution in [0.25, 0.3) is 10.9 Å². The van der Waals surface area contributed by atoms with Gasteiger partial charge in [0, 0.05) is 23.5 Å². The predicted molar refractivity (Wildman–Crippen MR) is 73.3 cm³/mol. The van der Waals surface area contributed by atoms with Gasteiger partial charge in [-0.3, -0.25) is 4.79 Å². The summed E-state index contributed by atoms with van der Waals surface area (Å²) >= 11 is 0. The summed E-state index contributed by atoms with van der Waals surface area (Å²) in [6, 6.07) is 6.45. The topological polar surface area (TPSA) is 102 Å². The largest absolute Gasteiger partial charge is 0.480 e. The summed E-state index contributed by atoms with van der Waals surface area (Å²) in [5.74, 6) is -1.83. The van der Waals surface area contributed by atoms with Gasteiger partial charge >= 0.3 is 5.97 Å². The van der Waals surface area contributed by atoms with Crippen molar-refractivity contribution < 1.29 is 19.8 Å². The molecule has 0 aliphatic carbocycles. The Morgan fingerprint density at radius 2 is 2.05 bits per heavy atom. The van der Waals surface area contributed by atoms with E-state index in [9.17, 15) is 9.59 Å². The fourth-order valence-corrected chi connectivity index (χ4v) is 2.01. The van der Waals surface area contributed by atoms with E-state index in [4.69, 9.17) is 10.2 Å². The van der Waals surface area contributed by atoms with Gasteiger partial charge < -0.3 is 20.5 Å². The minimum atomic E-state index is -1.24. The lowest BCUT2D eigenvalue weighted by Gasteiger charge is -2.15. The number of aliphatic carboxylic acids is 1. The minimum Gasteiger partial charge on any atom is -0.480 e. The number of carbonyl (C=O) groups is 2. The zero-order valence-corrected chi connectivity index (χ0v) is 11.0. The Bertz CT molecular complexity index is 633. The van der Waals surface area contributed by atoms with E-state index in [1.165, 1.54) is 6.92 Å². The maximum Gasteiger partial charge on any atom is 0.326 e. The number of rotatable bonds is 5. The highest BCUT2D eigenvalue weighted by atomic mass is 16.4. The second-order valence-electron chi connectivity index (χ2n) is 4.64. The van der Waals surface area contributed by atoms with Crippen LogP contribution >= 0.6 is 0 Å².